The molecule has 1 saturated carbocycles. The highest BCUT2D eigenvalue weighted by atomic mass is 16.6. The van der Waals surface area contributed by atoms with Crippen LogP contribution in [0.15, 0.2) is 48.5 Å². The predicted molar refractivity (Wildman–Crippen MR) is 128 cm³/mol. The molecule has 1 aliphatic carbocycles. The van der Waals surface area contributed by atoms with Crippen molar-refractivity contribution in [3.05, 3.63) is 54.1 Å². The maximum absolute atomic E-state index is 12.6. The van der Waals surface area contributed by atoms with Crippen LogP contribution in [0, 0.1) is 0 Å². The third-order valence-electron chi connectivity index (χ3n) is 6.92. The van der Waals surface area contributed by atoms with Gasteiger partial charge in [-0.15, -0.1) is 0 Å². The van der Waals surface area contributed by atoms with Crippen molar-refractivity contribution in [3.63, 3.8) is 0 Å². The minimum absolute atomic E-state index is 0.000760. The zero-order valence-corrected chi connectivity index (χ0v) is 19.0. The summed E-state index contributed by atoms with van der Waals surface area (Å²) in [6.07, 6.45) is 4.16. The van der Waals surface area contributed by atoms with Gasteiger partial charge in [0.1, 0.15) is 18.0 Å². The van der Waals surface area contributed by atoms with Gasteiger partial charge in [-0.3, -0.25) is 4.79 Å². The first-order chi connectivity index (χ1) is 16.6. The van der Waals surface area contributed by atoms with Crippen LogP contribution in [-0.2, 0) is 9.53 Å². The first kappa shape index (κ1) is 22.7. The van der Waals surface area contributed by atoms with Gasteiger partial charge < -0.3 is 30.5 Å². The van der Waals surface area contributed by atoms with Crippen molar-refractivity contribution in [3.8, 4) is 5.75 Å². The Labute approximate surface area is 199 Å². The molecule has 34 heavy (non-hydrogen) atoms. The lowest BCUT2D eigenvalue weighted by atomic mass is 9.84. The molecule has 4 atom stereocenters. The van der Waals surface area contributed by atoms with Gasteiger partial charge in [-0.2, -0.15) is 0 Å². The quantitative estimate of drug-likeness (QED) is 0.519. The molecule has 0 spiro atoms. The number of rotatable bonds is 6. The first-order valence-corrected chi connectivity index (χ1v) is 12.1. The Hall–Kier alpha value is -3.10. The van der Waals surface area contributed by atoms with Crippen LogP contribution in [0.4, 0.5) is 16.2 Å². The molecular weight excluding hydrogens is 434 g/mol. The largest absolute Gasteiger partial charge is 0.487 e. The van der Waals surface area contributed by atoms with Crippen LogP contribution < -0.4 is 20.7 Å². The molecule has 5 rings (SSSR count). The number of urea groups is 1. The highest BCUT2D eigenvalue weighted by molar-refractivity contribution is 5.99. The lowest BCUT2D eigenvalue weighted by Gasteiger charge is -2.37. The minimum atomic E-state index is -0.506. The number of fused-ring (bicyclic) bond motifs is 3. The van der Waals surface area contributed by atoms with E-state index in [1.54, 1.807) is 6.07 Å². The van der Waals surface area contributed by atoms with E-state index in [1.807, 2.05) is 42.5 Å². The van der Waals surface area contributed by atoms with Crippen LogP contribution in [-0.4, -0.2) is 48.0 Å². The normalized spacial score (nSPS) is 25.7. The number of hydrogen-bond acceptors (Lipinski definition) is 5. The van der Waals surface area contributed by atoms with E-state index in [4.69, 9.17) is 9.47 Å². The standard InChI is InChI=1S/C26H31N3O5/c30-15-23-25-21(13-19(33-23)14-24(31)27-16-8-4-5-9-16)20-12-18(10-11-22(20)34-25)29-26(32)28-17-6-2-1-3-7-17/h1-3,6-7,10-12,16,19,21,23,25,30H,4-5,8-9,13-15H2,(H,27,31)(H2,28,29,32)/t19-,21+,23+,25-/m1/s1. The third-order valence-corrected chi connectivity index (χ3v) is 6.92. The number of benzene rings is 2. The molecule has 3 aliphatic rings. The van der Waals surface area contributed by atoms with Crippen LogP contribution >= 0.6 is 0 Å². The van der Waals surface area contributed by atoms with Crippen molar-refractivity contribution in [1.82, 2.24) is 5.32 Å². The van der Waals surface area contributed by atoms with E-state index in [0.29, 0.717) is 17.8 Å². The monoisotopic (exact) mass is 465 g/mol. The van der Waals surface area contributed by atoms with Crippen molar-refractivity contribution in [2.24, 2.45) is 0 Å². The zero-order chi connectivity index (χ0) is 23.5. The fraction of sp³-hybridized carbons (Fsp3) is 0.462. The molecule has 2 heterocycles. The molecule has 8 nitrogen and oxygen atoms in total. The lowest BCUT2D eigenvalue weighted by Crippen LogP contribution is -2.47. The fourth-order valence-electron chi connectivity index (χ4n) is 5.35. The van der Waals surface area contributed by atoms with Crippen LogP contribution in [0.25, 0.3) is 0 Å². The molecule has 2 aromatic rings. The molecule has 3 amide bonds. The molecule has 0 bridgehead atoms. The van der Waals surface area contributed by atoms with Crippen molar-refractivity contribution in [2.45, 2.75) is 68.8 Å². The van der Waals surface area contributed by atoms with Gasteiger partial charge in [-0.1, -0.05) is 31.0 Å². The second kappa shape index (κ2) is 10.0. The number of nitrogens with one attached hydrogen (secondary N) is 3. The lowest BCUT2D eigenvalue weighted by molar-refractivity contribution is -0.142. The molecule has 4 N–H and O–H groups in total. The number of amides is 3. The summed E-state index contributed by atoms with van der Waals surface area (Å²) in [6.45, 7) is -0.180. The topological polar surface area (TPSA) is 109 Å². The van der Waals surface area contributed by atoms with Crippen LogP contribution in [0.2, 0.25) is 0 Å². The number of carbonyl (C=O) groups is 2. The fourth-order valence-corrected chi connectivity index (χ4v) is 5.35. The summed E-state index contributed by atoms with van der Waals surface area (Å²) in [5.74, 6) is 0.699. The highest BCUT2D eigenvalue weighted by Crippen LogP contribution is 2.47. The smallest absolute Gasteiger partial charge is 0.323 e. The van der Waals surface area contributed by atoms with Gasteiger partial charge in [-0.25, -0.2) is 4.79 Å². The van der Waals surface area contributed by atoms with E-state index in [9.17, 15) is 14.7 Å². The SMILES string of the molecule is O=C(C[C@H]1C[C@H]2c3cc(NC(=O)Nc4ccccc4)ccc3O[C@H]2[C@H](CO)O1)NC1CCCC1. The Balaban J connectivity index is 1.26. The second-order valence-electron chi connectivity index (χ2n) is 9.35. The van der Waals surface area contributed by atoms with E-state index in [1.165, 1.54) is 0 Å². The Kier molecular flexibility index (Phi) is 6.69. The number of hydrogen-bond donors (Lipinski definition) is 4. The maximum atomic E-state index is 12.6. The summed E-state index contributed by atoms with van der Waals surface area (Å²) in [5.41, 5.74) is 2.32. The minimum Gasteiger partial charge on any atom is -0.487 e. The number of aliphatic hydroxyl groups is 1. The van der Waals surface area contributed by atoms with Gasteiger partial charge in [0.2, 0.25) is 5.91 Å². The number of carbonyl (C=O) groups excluding carboxylic acids is 2. The van der Waals surface area contributed by atoms with E-state index in [-0.39, 0.29) is 49.1 Å². The highest BCUT2D eigenvalue weighted by Gasteiger charge is 2.46. The summed E-state index contributed by atoms with van der Waals surface area (Å²) in [6, 6.07) is 14.7. The van der Waals surface area contributed by atoms with Gasteiger partial charge in [0.15, 0.2) is 0 Å². The molecule has 2 aliphatic heterocycles. The Morgan fingerprint density at radius 2 is 1.76 bits per heavy atom. The van der Waals surface area contributed by atoms with Crippen molar-refractivity contribution in [2.75, 3.05) is 17.2 Å². The molecule has 8 heteroatoms. The zero-order valence-electron chi connectivity index (χ0n) is 19.0. The first-order valence-electron chi connectivity index (χ1n) is 12.1. The summed E-state index contributed by atoms with van der Waals surface area (Å²) in [4.78, 5) is 25.0. The Bertz CT molecular complexity index is 1020. The Morgan fingerprint density at radius 1 is 1.00 bits per heavy atom. The van der Waals surface area contributed by atoms with Gasteiger partial charge >= 0.3 is 6.03 Å². The molecule has 0 radical (unpaired) electrons. The molecule has 180 valence electrons. The predicted octanol–water partition coefficient (Wildman–Crippen LogP) is 3.77. The average molecular weight is 466 g/mol. The van der Waals surface area contributed by atoms with Gasteiger partial charge in [0, 0.05) is 28.9 Å². The van der Waals surface area contributed by atoms with Crippen LogP contribution in [0.1, 0.15) is 50.0 Å². The van der Waals surface area contributed by atoms with Crippen LogP contribution in [0.5, 0.6) is 5.75 Å². The summed E-state index contributed by atoms with van der Waals surface area (Å²) < 4.78 is 12.2. The molecular formula is C26H31N3O5. The second-order valence-corrected chi connectivity index (χ2v) is 9.35. The molecule has 1 saturated heterocycles. The Morgan fingerprint density at radius 3 is 2.53 bits per heavy atom. The maximum Gasteiger partial charge on any atom is 0.323 e. The van der Waals surface area contributed by atoms with E-state index < -0.39 is 6.10 Å². The number of anilines is 2. The van der Waals surface area contributed by atoms with Crippen molar-refractivity contribution >= 4 is 23.3 Å². The van der Waals surface area contributed by atoms with Crippen molar-refractivity contribution < 1.29 is 24.2 Å². The molecule has 0 unspecified atom stereocenters. The van der Waals surface area contributed by atoms with Crippen LogP contribution in [0.3, 0.4) is 0 Å². The van der Waals surface area contributed by atoms with E-state index in [0.717, 1.165) is 37.0 Å². The average Bonchev–Trinajstić information content (AvgIpc) is 3.46. The van der Waals surface area contributed by atoms with Gasteiger partial charge in [-0.05, 0) is 49.6 Å². The van der Waals surface area contributed by atoms with E-state index in [2.05, 4.69) is 16.0 Å². The summed E-state index contributed by atoms with van der Waals surface area (Å²) in [7, 11) is 0. The molecule has 0 aromatic heterocycles. The number of para-hydroxylation sites is 1. The third kappa shape index (κ3) is 5.03. The summed E-state index contributed by atoms with van der Waals surface area (Å²) >= 11 is 0. The molecule has 2 aromatic carbocycles. The van der Waals surface area contributed by atoms with Crippen molar-refractivity contribution in [1.29, 1.82) is 0 Å². The van der Waals surface area contributed by atoms with Gasteiger partial charge in [0.25, 0.3) is 0 Å². The number of ether oxygens (including phenoxy) is 2. The van der Waals surface area contributed by atoms with Gasteiger partial charge in [0.05, 0.1) is 19.1 Å². The van der Waals surface area contributed by atoms with E-state index >= 15 is 0 Å². The molecule has 2 fully saturated rings. The summed E-state index contributed by atoms with van der Waals surface area (Å²) in [5, 5.41) is 18.7. The number of aliphatic hydroxyl groups excluding tert-OH is 1.